The minimum Gasteiger partial charge on any atom is -0.370 e. The summed E-state index contributed by atoms with van der Waals surface area (Å²) in [5.41, 5.74) is 1.66. The highest BCUT2D eigenvalue weighted by atomic mass is 16.5. The topological polar surface area (TPSA) is 52.1 Å². The maximum atomic E-state index is 11.9. The highest BCUT2D eigenvalue weighted by Gasteiger charge is 2.35. The Bertz CT molecular complexity index is 483. The molecule has 4 nitrogen and oxygen atoms in total. The third-order valence-corrected chi connectivity index (χ3v) is 3.91. The van der Waals surface area contributed by atoms with Crippen LogP contribution in [0.2, 0.25) is 0 Å². The molecule has 1 unspecified atom stereocenters. The molecule has 1 saturated carbocycles. The van der Waals surface area contributed by atoms with E-state index in [1.54, 1.807) is 6.20 Å². The van der Waals surface area contributed by atoms with Gasteiger partial charge in [0.15, 0.2) is 11.6 Å². The average molecular weight is 260 g/mol. The Morgan fingerprint density at radius 1 is 1.37 bits per heavy atom. The van der Waals surface area contributed by atoms with Gasteiger partial charge in [-0.05, 0) is 44.9 Å². The molecule has 0 aliphatic heterocycles. The molecule has 0 spiro atoms. The first-order valence-electron chi connectivity index (χ1n) is 7.30. The smallest absolute Gasteiger partial charge is 0.166 e. The van der Waals surface area contributed by atoms with Crippen LogP contribution in [0.5, 0.6) is 0 Å². The van der Waals surface area contributed by atoms with Gasteiger partial charge < -0.3 is 4.74 Å². The van der Waals surface area contributed by atoms with Gasteiger partial charge in [-0.1, -0.05) is 0 Å². The molecule has 102 valence electrons. The quantitative estimate of drug-likeness (QED) is 0.781. The summed E-state index contributed by atoms with van der Waals surface area (Å²) in [6.07, 6.45) is 7.66. The Hall–Kier alpha value is -1.29. The molecule has 1 heterocycles. The number of rotatable bonds is 4. The highest BCUT2D eigenvalue weighted by Crippen LogP contribution is 2.42. The predicted octanol–water partition coefficient (Wildman–Crippen LogP) is 2.87. The lowest BCUT2D eigenvalue weighted by Crippen LogP contribution is -2.14. The number of hydrogen-bond donors (Lipinski definition) is 0. The molecule has 0 bridgehead atoms. The summed E-state index contributed by atoms with van der Waals surface area (Å²) in [6.45, 7) is 2.68. The molecule has 0 N–H and O–H groups in total. The normalized spacial score (nSPS) is 20.8. The number of aryl methyl sites for hydroxylation is 1. The second-order valence-corrected chi connectivity index (χ2v) is 5.43. The molecule has 1 aromatic heterocycles. The first kappa shape index (κ1) is 12.7. The number of hydrogen-bond acceptors (Lipinski definition) is 4. The summed E-state index contributed by atoms with van der Waals surface area (Å²) < 4.78 is 5.79. The van der Waals surface area contributed by atoms with Crippen molar-refractivity contribution in [3.05, 3.63) is 23.3 Å². The van der Waals surface area contributed by atoms with Crippen LogP contribution >= 0.6 is 0 Å². The zero-order chi connectivity index (χ0) is 13.2. The molecule has 0 amide bonds. The number of ketones is 1. The molecule has 4 heteroatoms. The van der Waals surface area contributed by atoms with E-state index in [4.69, 9.17) is 4.74 Å². The van der Waals surface area contributed by atoms with E-state index in [1.807, 2.05) is 6.92 Å². The maximum Gasteiger partial charge on any atom is 0.166 e. The van der Waals surface area contributed by atoms with E-state index in [9.17, 15) is 4.79 Å². The highest BCUT2D eigenvalue weighted by molar-refractivity contribution is 5.97. The van der Waals surface area contributed by atoms with Crippen molar-refractivity contribution in [3.63, 3.8) is 0 Å². The lowest BCUT2D eigenvalue weighted by molar-refractivity contribution is 0.0398. The second kappa shape index (κ2) is 5.37. The first-order valence-corrected chi connectivity index (χ1v) is 7.30. The Morgan fingerprint density at radius 2 is 2.16 bits per heavy atom. The first-order chi connectivity index (χ1) is 9.29. The second-order valence-electron chi connectivity index (χ2n) is 5.43. The van der Waals surface area contributed by atoms with Crippen molar-refractivity contribution in [1.29, 1.82) is 0 Å². The molecule has 0 saturated heterocycles. The number of fused-ring (bicyclic) bond motifs is 1. The summed E-state index contributed by atoms with van der Waals surface area (Å²) in [7, 11) is 0. The van der Waals surface area contributed by atoms with Crippen molar-refractivity contribution in [2.24, 2.45) is 5.92 Å². The number of ether oxygens (including phenoxy) is 1. The van der Waals surface area contributed by atoms with Crippen LogP contribution < -0.4 is 0 Å². The standard InChI is InChI=1S/C15H20N2O2/c1-2-19-14(10-7-8-10)15-16-9-11-12(17-15)5-3-4-6-13(11)18/h9-10,14H,2-8H2,1H3. The zero-order valence-electron chi connectivity index (χ0n) is 11.4. The molecule has 3 rings (SSSR count). The molecular weight excluding hydrogens is 240 g/mol. The van der Waals surface area contributed by atoms with Gasteiger partial charge in [0.05, 0.1) is 11.3 Å². The Labute approximate surface area is 113 Å². The van der Waals surface area contributed by atoms with Gasteiger partial charge in [0, 0.05) is 19.2 Å². The summed E-state index contributed by atoms with van der Waals surface area (Å²) in [5, 5.41) is 0. The van der Waals surface area contributed by atoms with Crippen molar-refractivity contribution < 1.29 is 9.53 Å². The average Bonchev–Trinajstić information content (AvgIpc) is 3.24. The van der Waals surface area contributed by atoms with Gasteiger partial charge in [-0.25, -0.2) is 9.97 Å². The molecule has 0 aromatic carbocycles. The molecule has 1 aromatic rings. The fraction of sp³-hybridized carbons (Fsp3) is 0.667. The van der Waals surface area contributed by atoms with Crippen LogP contribution in [0.15, 0.2) is 6.20 Å². The van der Waals surface area contributed by atoms with E-state index in [0.29, 0.717) is 18.9 Å². The van der Waals surface area contributed by atoms with Gasteiger partial charge >= 0.3 is 0 Å². The summed E-state index contributed by atoms with van der Waals surface area (Å²) in [6, 6.07) is 0. The number of Topliss-reactive ketones (excluding diaryl/α,β-unsaturated/α-hetero) is 1. The van der Waals surface area contributed by atoms with Gasteiger partial charge in [0.1, 0.15) is 6.10 Å². The summed E-state index contributed by atoms with van der Waals surface area (Å²) in [5.74, 6) is 1.54. The van der Waals surface area contributed by atoms with E-state index >= 15 is 0 Å². The predicted molar refractivity (Wildman–Crippen MR) is 71.0 cm³/mol. The van der Waals surface area contributed by atoms with Crippen molar-refractivity contribution >= 4 is 5.78 Å². The van der Waals surface area contributed by atoms with Gasteiger partial charge in [-0.15, -0.1) is 0 Å². The number of aromatic nitrogens is 2. The van der Waals surface area contributed by atoms with Crippen molar-refractivity contribution in [3.8, 4) is 0 Å². The maximum absolute atomic E-state index is 11.9. The monoisotopic (exact) mass is 260 g/mol. The molecule has 19 heavy (non-hydrogen) atoms. The van der Waals surface area contributed by atoms with Crippen LogP contribution in [0.3, 0.4) is 0 Å². The van der Waals surface area contributed by atoms with Crippen LogP contribution in [0.1, 0.15) is 67.0 Å². The van der Waals surface area contributed by atoms with E-state index < -0.39 is 0 Å². The van der Waals surface area contributed by atoms with Gasteiger partial charge in [-0.3, -0.25) is 4.79 Å². The minimum absolute atomic E-state index is 0.0219. The van der Waals surface area contributed by atoms with E-state index in [1.165, 1.54) is 12.8 Å². The summed E-state index contributed by atoms with van der Waals surface area (Å²) in [4.78, 5) is 21.0. The zero-order valence-corrected chi connectivity index (χ0v) is 11.4. The lowest BCUT2D eigenvalue weighted by Gasteiger charge is -2.16. The van der Waals surface area contributed by atoms with Crippen molar-refractivity contribution in [1.82, 2.24) is 9.97 Å². The molecule has 1 atom stereocenters. The van der Waals surface area contributed by atoms with Crippen LogP contribution in [0.4, 0.5) is 0 Å². The number of nitrogens with zero attached hydrogens (tertiary/aromatic N) is 2. The lowest BCUT2D eigenvalue weighted by atomic mass is 10.1. The van der Waals surface area contributed by atoms with Crippen LogP contribution in [-0.2, 0) is 11.2 Å². The summed E-state index contributed by atoms with van der Waals surface area (Å²) >= 11 is 0. The molecule has 2 aliphatic carbocycles. The van der Waals surface area contributed by atoms with E-state index in [0.717, 1.165) is 36.3 Å². The molecule has 0 radical (unpaired) electrons. The van der Waals surface area contributed by atoms with Gasteiger partial charge in [-0.2, -0.15) is 0 Å². The van der Waals surface area contributed by atoms with Gasteiger partial charge in [0.2, 0.25) is 0 Å². The fourth-order valence-corrected chi connectivity index (χ4v) is 2.71. The molecular formula is C15H20N2O2. The van der Waals surface area contributed by atoms with Crippen molar-refractivity contribution in [2.45, 2.75) is 51.6 Å². The SMILES string of the molecule is CCOC(c1ncc2c(n1)CCCCC2=O)C1CC1. The Balaban J connectivity index is 1.90. The van der Waals surface area contributed by atoms with E-state index in [-0.39, 0.29) is 11.9 Å². The third-order valence-electron chi connectivity index (χ3n) is 3.91. The third kappa shape index (κ3) is 2.68. The van der Waals surface area contributed by atoms with Crippen LogP contribution in [0.25, 0.3) is 0 Å². The largest absolute Gasteiger partial charge is 0.370 e. The van der Waals surface area contributed by atoms with Gasteiger partial charge in [0.25, 0.3) is 0 Å². The van der Waals surface area contributed by atoms with Crippen molar-refractivity contribution in [2.75, 3.05) is 6.61 Å². The Kier molecular flexibility index (Phi) is 3.60. The van der Waals surface area contributed by atoms with Crippen LogP contribution in [0, 0.1) is 5.92 Å². The van der Waals surface area contributed by atoms with Crippen LogP contribution in [-0.4, -0.2) is 22.4 Å². The molecule has 2 aliphatic rings. The number of carbonyl (C=O) groups is 1. The van der Waals surface area contributed by atoms with E-state index in [2.05, 4.69) is 9.97 Å². The molecule has 1 fully saturated rings. The Morgan fingerprint density at radius 3 is 2.89 bits per heavy atom. The minimum atomic E-state index is 0.0219. The fourth-order valence-electron chi connectivity index (χ4n) is 2.71. The number of carbonyl (C=O) groups excluding carboxylic acids is 1.